The highest BCUT2D eigenvalue weighted by Crippen LogP contribution is 2.24. The molecule has 15 heavy (non-hydrogen) atoms. The van der Waals surface area contributed by atoms with E-state index in [0.29, 0.717) is 15.5 Å². The molecule has 92 valence electrons. The number of rotatable bonds is 6. The normalized spacial score (nSPS) is 15.4. The van der Waals surface area contributed by atoms with Crippen molar-refractivity contribution >= 4 is 23.5 Å². The molecule has 0 fully saturated rings. The minimum Gasteiger partial charge on any atom is -0.312 e. The fourth-order valence-electron chi connectivity index (χ4n) is 0.926. The van der Waals surface area contributed by atoms with Crippen molar-refractivity contribution in [1.29, 1.82) is 0 Å². The van der Waals surface area contributed by atoms with Gasteiger partial charge in [-0.3, -0.25) is 0 Å². The Labute approximate surface area is 105 Å². The van der Waals surface area contributed by atoms with Crippen LogP contribution in [0.25, 0.3) is 0 Å². The van der Waals surface area contributed by atoms with Gasteiger partial charge < -0.3 is 5.32 Å². The maximum absolute atomic E-state index is 3.60. The Hall–Kier alpha value is 0.660. The predicted molar refractivity (Wildman–Crippen MR) is 77.3 cm³/mol. The Bertz CT molecular complexity index is 173. The molecule has 0 amide bonds. The highest BCUT2D eigenvalue weighted by Gasteiger charge is 2.18. The van der Waals surface area contributed by atoms with Crippen LogP contribution in [0.5, 0.6) is 0 Å². The molecule has 1 nitrogen and oxygen atoms in total. The highest BCUT2D eigenvalue weighted by molar-refractivity contribution is 8.00. The molecule has 0 heterocycles. The second-order valence-electron chi connectivity index (χ2n) is 5.67. The van der Waals surface area contributed by atoms with Crippen LogP contribution in [0, 0.1) is 0 Å². The van der Waals surface area contributed by atoms with Gasteiger partial charge in [0.15, 0.2) is 0 Å². The summed E-state index contributed by atoms with van der Waals surface area (Å²) in [6.07, 6.45) is 2.18. The van der Waals surface area contributed by atoms with Crippen LogP contribution in [0.2, 0.25) is 0 Å². The summed E-state index contributed by atoms with van der Waals surface area (Å²) in [5, 5.41) is 3.60. The minimum atomic E-state index is 0.348. The summed E-state index contributed by atoms with van der Waals surface area (Å²) in [6, 6.07) is 0.598. The van der Waals surface area contributed by atoms with Gasteiger partial charge in [0.25, 0.3) is 0 Å². The molecule has 0 spiro atoms. The summed E-state index contributed by atoms with van der Waals surface area (Å²) >= 11 is 3.95. The van der Waals surface area contributed by atoms with Gasteiger partial charge in [0.2, 0.25) is 0 Å². The van der Waals surface area contributed by atoms with Crippen molar-refractivity contribution in [2.75, 3.05) is 18.6 Å². The van der Waals surface area contributed by atoms with Gasteiger partial charge in [0.05, 0.1) is 0 Å². The van der Waals surface area contributed by atoms with E-state index >= 15 is 0 Å². The predicted octanol–water partition coefficient (Wildman–Crippen LogP) is 3.64. The molecule has 0 aromatic rings. The average molecular weight is 249 g/mol. The highest BCUT2D eigenvalue weighted by atomic mass is 32.2. The van der Waals surface area contributed by atoms with Crippen LogP contribution < -0.4 is 5.32 Å². The third-order valence-electron chi connectivity index (χ3n) is 2.20. The Kier molecular flexibility index (Phi) is 6.69. The Balaban J connectivity index is 3.71. The number of hydrogen-bond acceptors (Lipinski definition) is 3. The smallest absolute Gasteiger partial charge is 0.0225 e. The van der Waals surface area contributed by atoms with Crippen molar-refractivity contribution in [2.45, 2.75) is 57.1 Å². The van der Waals surface area contributed by atoms with E-state index in [2.05, 4.69) is 53.1 Å². The molecular formula is C12H27NS2. The first-order valence-corrected chi connectivity index (χ1v) is 7.80. The molecule has 3 heteroatoms. The van der Waals surface area contributed by atoms with Crippen LogP contribution >= 0.6 is 23.5 Å². The van der Waals surface area contributed by atoms with Gasteiger partial charge in [-0.05, 0) is 27.0 Å². The van der Waals surface area contributed by atoms with Crippen LogP contribution in [0.15, 0.2) is 0 Å². The summed E-state index contributed by atoms with van der Waals surface area (Å²) in [6.45, 7) is 14.8. The number of nitrogens with one attached hydrogen (secondary N) is 1. The summed E-state index contributed by atoms with van der Waals surface area (Å²) in [5.41, 5.74) is 0. The molecule has 1 N–H and O–H groups in total. The Morgan fingerprint density at radius 2 is 1.67 bits per heavy atom. The van der Waals surface area contributed by atoms with E-state index in [9.17, 15) is 0 Å². The fourth-order valence-corrected chi connectivity index (χ4v) is 2.02. The zero-order valence-corrected chi connectivity index (χ0v) is 12.9. The molecule has 0 bridgehead atoms. The van der Waals surface area contributed by atoms with Crippen molar-refractivity contribution in [1.82, 2.24) is 5.32 Å². The molecular weight excluding hydrogens is 222 g/mol. The van der Waals surface area contributed by atoms with E-state index in [4.69, 9.17) is 0 Å². The zero-order valence-electron chi connectivity index (χ0n) is 11.3. The topological polar surface area (TPSA) is 12.0 Å². The molecule has 0 saturated heterocycles. The number of thioether (sulfide) groups is 2. The monoisotopic (exact) mass is 249 g/mol. The lowest BCUT2D eigenvalue weighted by Crippen LogP contribution is -2.39. The molecule has 1 unspecified atom stereocenters. The lowest BCUT2D eigenvalue weighted by Gasteiger charge is -2.26. The van der Waals surface area contributed by atoms with Gasteiger partial charge in [-0.25, -0.2) is 0 Å². The molecule has 0 aliphatic carbocycles. The fraction of sp³-hybridized carbons (Fsp3) is 1.00. The first kappa shape index (κ1) is 15.7. The quantitative estimate of drug-likeness (QED) is 0.772. The van der Waals surface area contributed by atoms with Crippen LogP contribution in [0.4, 0.5) is 0 Å². The van der Waals surface area contributed by atoms with Crippen molar-refractivity contribution in [2.24, 2.45) is 0 Å². The molecule has 0 aliphatic heterocycles. The zero-order chi connectivity index (χ0) is 12.1. The van der Waals surface area contributed by atoms with Gasteiger partial charge in [-0.2, -0.15) is 23.5 Å². The van der Waals surface area contributed by atoms with Crippen LogP contribution in [0.3, 0.4) is 0 Å². The minimum absolute atomic E-state index is 0.348. The van der Waals surface area contributed by atoms with E-state index in [1.54, 1.807) is 0 Å². The van der Waals surface area contributed by atoms with Gasteiger partial charge in [-0.15, -0.1) is 0 Å². The molecule has 0 aromatic heterocycles. The lowest BCUT2D eigenvalue weighted by molar-refractivity contribution is 0.536. The van der Waals surface area contributed by atoms with E-state index in [1.165, 1.54) is 5.75 Å². The van der Waals surface area contributed by atoms with Crippen molar-refractivity contribution in [3.05, 3.63) is 0 Å². The summed E-state index contributed by atoms with van der Waals surface area (Å²) in [7, 11) is 0. The summed E-state index contributed by atoms with van der Waals surface area (Å²) in [5.74, 6) is 1.19. The molecule has 0 aliphatic rings. The SMILES string of the molecule is CSC(C)(C)CNC(C)CSC(C)(C)C. The largest absolute Gasteiger partial charge is 0.312 e. The van der Waals surface area contributed by atoms with E-state index in [1.807, 2.05) is 23.5 Å². The summed E-state index contributed by atoms with van der Waals surface area (Å²) < 4.78 is 0.728. The van der Waals surface area contributed by atoms with Crippen LogP contribution in [-0.4, -0.2) is 34.1 Å². The molecule has 1 atom stereocenters. The second kappa shape index (κ2) is 6.41. The van der Waals surface area contributed by atoms with Crippen molar-refractivity contribution < 1.29 is 0 Å². The van der Waals surface area contributed by atoms with Gasteiger partial charge in [0, 0.05) is 27.8 Å². The third kappa shape index (κ3) is 9.58. The number of hydrogen-bond donors (Lipinski definition) is 1. The van der Waals surface area contributed by atoms with Crippen molar-refractivity contribution in [3.8, 4) is 0 Å². The Morgan fingerprint density at radius 3 is 2.07 bits per heavy atom. The lowest BCUT2D eigenvalue weighted by atomic mass is 10.2. The molecule has 0 radical (unpaired) electrons. The van der Waals surface area contributed by atoms with Gasteiger partial charge in [-0.1, -0.05) is 20.8 Å². The molecule has 0 rings (SSSR count). The van der Waals surface area contributed by atoms with Crippen molar-refractivity contribution in [3.63, 3.8) is 0 Å². The summed E-state index contributed by atoms with van der Waals surface area (Å²) in [4.78, 5) is 0. The van der Waals surface area contributed by atoms with Gasteiger partial charge >= 0.3 is 0 Å². The van der Waals surface area contributed by atoms with Crippen LogP contribution in [0.1, 0.15) is 41.5 Å². The molecule has 0 aromatic carbocycles. The van der Waals surface area contributed by atoms with Gasteiger partial charge in [0.1, 0.15) is 0 Å². The van der Waals surface area contributed by atoms with E-state index in [0.717, 1.165) is 6.54 Å². The Morgan fingerprint density at radius 1 is 1.13 bits per heavy atom. The maximum Gasteiger partial charge on any atom is 0.0225 e. The van der Waals surface area contributed by atoms with Crippen LogP contribution in [-0.2, 0) is 0 Å². The first-order chi connectivity index (χ1) is 6.66. The average Bonchev–Trinajstić information content (AvgIpc) is 2.10. The standard InChI is InChI=1S/C12H27NS2/c1-10(8-15-11(2,3)4)13-9-12(5,6)14-7/h10,13H,8-9H2,1-7H3. The second-order valence-corrected chi connectivity index (χ2v) is 9.03. The van der Waals surface area contributed by atoms with E-state index in [-0.39, 0.29) is 0 Å². The first-order valence-electron chi connectivity index (χ1n) is 5.59. The van der Waals surface area contributed by atoms with E-state index < -0.39 is 0 Å². The third-order valence-corrected chi connectivity index (χ3v) is 4.98. The maximum atomic E-state index is 3.60. The molecule has 0 saturated carbocycles.